The lowest BCUT2D eigenvalue weighted by molar-refractivity contribution is -0.124. The molecule has 0 aliphatic carbocycles. The molecule has 0 saturated carbocycles. The van der Waals surface area contributed by atoms with E-state index in [0.29, 0.717) is 5.69 Å². The Hall–Kier alpha value is -2.44. The van der Waals surface area contributed by atoms with Crippen LogP contribution in [0.2, 0.25) is 0 Å². The van der Waals surface area contributed by atoms with Gasteiger partial charge in [-0.1, -0.05) is 6.07 Å². The highest BCUT2D eigenvalue weighted by Gasteiger charge is 2.56. The molecule has 0 aromatic heterocycles. The molecule has 0 bridgehead atoms. The SMILES string of the molecule is CC1CC2(CCN1C(=O)O)C(=O)CC(=O)N2c1cccc(F)c1. The summed E-state index contributed by atoms with van der Waals surface area (Å²) in [5.74, 6) is -1.07. The van der Waals surface area contributed by atoms with E-state index in [0.717, 1.165) is 0 Å². The van der Waals surface area contributed by atoms with Gasteiger partial charge in [0.2, 0.25) is 5.91 Å². The Kier molecular flexibility index (Phi) is 3.58. The number of hydrogen-bond donors (Lipinski definition) is 1. The average molecular weight is 320 g/mol. The molecule has 23 heavy (non-hydrogen) atoms. The summed E-state index contributed by atoms with van der Waals surface area (Å²) < 4.78 is 13.5. The van der Waals surface area contributed by atoms with Gasteiger partial charge in [-0.3, -0.25) is 14.5 Å². The Labute approximate surface area is 132 Å². The maximum absolute atomic E-state index is 13.5. The number of carbonyl (C=O) groups is 3. The van der Waals surface area contributed by atoms with Gasteiger partial charge < -0.3 is 10.0 Å². The van der Waals surface area contributed by atoms with E-state index in [-0.39, 0.29) is 37.5 Å². The van der Waals surface area contributed by atoms with Crippen molar-refractivity contribution in [1.29, 1.82) is 0 Å². The second-order valence-electron chi connectivity index (χ2n) is 6.12. The molecule has 1 aromatic carbocycles. The number of halogens is 1. The van der Waals surface area contributed by atoms with Gasteiger partial charge in [0.25, 0.3) is 0 Å². The minimum absolute atomic E-state index is 0.168. The Bertz CT molecular complexity index is 692. The van der Waals surface area contributed by atoms with Gasteiger partial charge in [0.05, 0.1) is 6.42 Å². The van der Waals surface area contributed by atoms with Crippen molar-refractivity contribution in [2.45, 2.75) is 37.8 Å². The molecule has 2 amide bonds. The van der Waals surface area contributed by atoms with Gasteiger partial charge in [-0.25, -0.2) is 9.18 Å². The van der Waals surface area contributed by atoms with Gasteiger partial charge in [-0.15, -0.1) is 0 Å². The first-order chi connectivity index (χ1) is 10.8. The molecular formula is C16H17FN2O4. The van der Waals surface area contributed by atoms with Crippen molar-refractivity contribution in [3.05, 3.63) is 30.1 Å². The van der Waals surface area contributed by atoms with Crippen molar-refractivity contribution in [1.82, 2.24) is 4.90 Å². The highest BCUT2D eigenvalue weighted by molar-refractivity contribution is 6.19. The molecule has 1 spiro atoms. The number of likely N-dealkylation sites (tertiary alicyclic amines) is 1. The average Bonchev–Trinajstić information content (AvgIpc) is 2.69. The van der Waals surface area contributed by atoms with Crippen molar-refractivity contribution in [3.8, 4) is 0 Å². The minimum atomic E-state index is -1.07. The zero-order valence-corrected chi connectivity index (χ0v) is 12.7. The standard InChI is InChI=1S/C16H17FN2O4/c1-10-9-16(5-6-18(10)15(22)23)13(20)8-14(21)19(16)12-4-2-3-11(17)7-12/h2-4,7,10H,5-6,8-9H2,1H3,(H,22,23). The number of hydrogen-bond acceptors (Lipinski definition) is 3. The third-order valence-electron chi connectivity index (χ3n) is 4.75. The zero-order valence-electron chi connectivity index (χ0n) is 12.7. The van der Waals surface area contributed by atoms with E-state index >= 15 is 0 Å². The van der Waals surface area contributed by atoms with Crippen LogP contribution in [0.4, 0.5) is 14.9 Å². The van der Waals surface area contributed by atoms with Gasteiger partial charge in [-0.05, 0) is 38.0 Å². The normalized spacial score (nSPS) is 27.8. The fraction of sp³-hybridized carbons (Fsp3) is 0.438. The van der Waals surface area contributed by atoms with E-state index in [1.54, 1.807) is 13.0 Å². The van der Waals surface area contributed by atoms with Crippen LogP contribution < -0.4 is 4.90 Å². The van der Waals surface area contributed by atoms with Crippen LogP contribution in [-0.4, -0.2) is 45.9 Å². The predicted molar refractivity (Wildman–Crippen MR) is 79.7 cm³/mol. The van der Waals surface area contributed by atoms with Crippen molar-refractivity contribution < 1.29 is 23.9 Å². The lowest BCUT2D eigenvalue weighted by Crippen LogP contribution is -2.60. The first-order valence-electron chi connectivity index (χ1n) is 7.46. The van der Waals surface area contributed by atoms with Crippen LogP contribution in [-0.2, 0) is 9.59 Å². The number of carbonyl (C=O) groups excluding carboxylic acids is 2. The number of nitrogens with zero attached hydrogens (tertiary/aromatic N) is 2. The summed E-state index contributed by atoms with van der Waals surface area (Å²) in [5.41, 5.74) is -0.729. The molecule has 2 fully saturated rings. The Morgan fingerprint density at radius 3 is 2.74 bits per heavy atom. The minimum Gasteiger partial charge on any atom is -0.465 e. The van der Waals surface area contributed by atoms with Crippen molar-refractivity contribution in [2.24, 2.45) is 0 Å². The summed E-state index contributed by atoms with van der Waals surface area (Å²) in [6.45, 7) is 1.89. The van der Waals surface area contributed by atoms with Crippen LogP contribution in [0.5, 0.6) is 0 Å². The summed E-state index contributed by atoms with van der Waals surface area (Å²) in [4.78, 5) is 38.7. The molecule has 2 unspecified atom stereocenters. The van der Waals surface area contributed by atoms with E-state index in [9.17, 15) is 23.9 Å². The molecule has 122 valence electrons. The molecule has 7 heteroatoms. The van der Waals surface area contributed by atoms with Crippen LogP contribution in [0.15, 0.2) is 24.3 Å². The first kappa shape index (κ1) is 15.5. The second-order valence-corrected chi connectivity index (χ2v) is 6.12. The molecule has 1 N–H and O–H groups in total. The Morgan fingerprint density at radius 2 is 2.13 bits per heavy atom. The fourth-order valence-corrected chi connectivity index (χ4v) is 3.72. The summed E-state index contributed by atoms with van der Waals surface area (Å²) >= 11 is 0. The molecule has 1 aromatic rings. The molecule has 2 atom stereocenters. The molecule has 2 heterocycles. The number of ketones is 1. The first-order valence-corrected chi connectivity index (χ1v) is 7.46. The van der Waals surface area contributed by atoms with E-state index in [1.807, 2.05) is 0 Å². The van der Waals surface area contributed by atoms with Crippen LogP contribution in [0.1, 0.15) is 26.2 Å². The Balaban J connectivity index is 2.00. The molecule has 2 aliphatic heterocycles. The van der Waals surface area contributed by atoms with Crippen molar-refractivity contribution in [2.75, 3.05) is 11.4 Å². The van der Waals surface area contributed by atoms with Crippen molar-refractivity contribution >= 4 is 23.5 Å². The topological polar surface area (TPSA) is 77.9 Å². The molecule has 2 aliphatic rings. The van der Waals surface area contributed by atoms with Crippen LogP contribution in [0.25, 0.3) is 0 Å². The maximum Gasteiger partial charge on any atom is 0.407 e. The van der Waals surface area contributed by atoms with E-state index in [1.165, 1.54) is 28.0 Å². The number of amides is 2. The summed E-state index contributed by atoms with van der Waals surface area (Å²) in [7, 11) is 0. The number of benzene rings is 1. The van der Waals surface area contributed by atoms with Gasteiger partial charge >= 0.3 is 6.09 Å². The van der Waals surface area contributed by atoms with Gasteiger partial charge in [-0.2, -0.15) is 0 Å². The Morgan fingerprint density at radius 1 is 1.39 bits per heavy atom. The van der Waals surface area contributed by atoms with Gasteiger partial charge in [0.1, 0.15) is 11.4 Å². The van der Waals surface area contributed by atoms with Gasteiger partial charge in [0.15, 0.2) is 5.78 Å². The largest absolute Gasteiger partial charge is 0.465 e. The lowest BCUT2D eigenvalue weighted by Gasteiger charge is -2.45. The summed E-state index contributed by atoms with van der Waals surface area (Å²) in [5, 5.41) is 9.19. The predicted octanol–water partition coefficient (Wildman–Crippen LogP) is 2.03. The lowest BCUT2D eigenvalue weighted by atomic mass is 9.80. The van der Waals surface area contributed by atoms with Crippen molar-refractivity contribution in [3.63, 3.8) is 0 Å². The smallest absolute Gasteiger partial charge is 0.407 e. The fourth-order valence-electron chi connectivity index (χ4n) is 3.72. The van der Waals surface area contributed by atoms with Crippen LogP contribution >= 0.6 is 0 Å². The highest BCUT2D eigenvalue weighted by Crippen LogP contribution is 2.41. The van der Waals surface area contributed by atoms with E-state index in [4.69, 9.17) is 0 Å². The number of Topliss-reactive ketones (excluding diaryl/α,β-unsaturated/α-hetero) is 1. The molecular weight excluding hydrogens is 303 g/mol. The number of piperidine rings is 1. The van der Waals surface area contributed by atoms with Crippen LogP contribution in [0.3, 0.4) is 0 Å². The molecule has 0 radical (unpaired) electrons. The number of rotatable bonds is 1. The zero-order chi connectivity index (χ0) is 16.8. The second kappa shape index (κ2) is 5.33. The molecule has 2 saturated heterocycles. The molecule has 6 nitrogen and oxygen atoms in total. The quantitative estimate of drug-likeness (QED) is 0.803. The maximum atomic E-state index is 13.5. The van der Waals surface area contributed by atoms with E-state index in [2.05, 4.69) is 0 Å². The van der Waals surface area contributed by atoms with Crippen LogP contribution in [0, 0.1) is 5.82 Å². The summed E-state index contributed by atoms with van der Waals surface area (Å²) in [6.07, 6.45) is -0.817. The number of anilines is 1. The third kappa shape index (κ3) is 2.36. The highest BCUT2D eigenvalue weighted by atomic mass is 19.1. The van der Waals surface area contributed by atoms with E-state index < -0.39 is 23.5 Å². The molecule has 3 rings (SSSR count). The number of carboxylic acid groups (broad SMARTS) is 1. The van der Waals surface area contributed by atoms with Gasteiger partial charge in [0, 0.05) is 18.3 Å². The monoisotopic (exact) mass is 320 g/mol. The summed E-state index contributed by atoms with van der Waals surface area (Å²) in [6, 6.07) is 5.19. The third-order valence-corrected chi connectivity index (χ3v) is 4.75.